The molecular weight excluding hydrogens is 264 g/mol. The molecule has 1 heterocycles. The van der Waals surface area contributed by atoms with E-state index in [1.807, 2.05) is 24.3 Å². The summed E-state index contributed by atoms with van der Waals surface area (Å²) in [5.74, 6) is 1.21. The molecule has 0 aliphatic carbocycles. The molecule has 0 spiro atoms. The SMILES string of the molecule is CCN(CC)CCc1noc(-c2ccccc2CC#N)n1. The van der Waals surface area contributed by atoms with E-state index in [4.69, 9.17) is 9.78 Å². The van der Waals surface area contributed by atoms with Crippen LogP contribution in [0.3, 0.4) is 0 Å². The van der Waals surface area contributed by atoms with Crippen molar-refractivity contribution >= 4 is 0 Å². The maximum absolute atomic E-state index is 8.87. The minimum Gasteiger partial charge on any atom is -0.334 e. The zero-order valence-corrected chi connectivity index (χ0v) is 12.5. The van der Waals surface area contributed by atoms with E-state index >= 15 is 0 Å². The maximum Gasteiger partial charge on any atom is 0.258 e. The van der Waals surface area contributed by atoms with Crippen LogP contribution in [-0.2, 0) is 12.8 Å². The molecule has 0 fully saturated rings. The lowest BCUT2D eigenvalue weighted by Gasteiger charge is -2.16. The van der Waals surface area contributed by atoms with Gasteiger partial charge in [-0.1, -0.05) is 37.2 Å². The van der Waals surface area contributed by atoms with Crippen LogP contribution in [0.25, 0.3) is 11.5 Å². The van der Waals surface area contributed by atoms with Gasteiger partial charge >= 0.3 is 0 Å². The Labute approximate surface area is 125 Å². The van der Waals surface area contributed by atoms with Crippen molar-refractivity contribution in [1.29, 1.82) is 5.26 Å². The number of benzene rings is 1. The van der Waals surface area contributed by atoms with Crippen molar-refractivity contribution in [2.24, 2.45) is 0 Å². The van der Waals surface area contributed by atoms with Gasteiger partial charge in [-0.05, 0) is 24.7 Å². The van der Waals surface area contributed by atoms with Crippen LogP contribution in [0, 0.1) is 11.3 Å². The minimum absolute atomic E-state index is 0.341. The molecule has 0 N–H and O–H groups in total. The number of nitrogens with zero attached hydrogens (tertiary/aromatic N) is 4. The van der Waals surface area contributed by atoms with E-state index in [-0.39, 0.29) is 0 Å². The fourth-order valence-electron chi connectivity index (χ4n) is 2.23. The standard InChI is InChI=1S/C16H20N4O/c1-3-20(4-2)12-10-15-18-16(21-19-15)14-8-6-5-7-13(14)9-11-17/h5-8H,3-4,9-10,12H2,1-2H3. The highest BCUT2D eigenvalue weighted by molar-refractivity contribution is 5.59. The van der Waals surface area contributed by atoms with Crippen molar-refractivity contribution in [3.05, 3.63) is 35.7 Å². The molecular formula is C16H20N4O. The van der Waals surface area contributed by atoms with Crippen LogP contribution in [-0.4, -0.2) is 34.7 Å². The summed E-state index contributed by atoms with van der Waals surface area (Å²) >= 11 is 0. The topological polar surface area (TPSA) is 66.0 Å². The Hall–Kier alpha value is -2.19. The monoisotopic (exact) mass is 284 g/mol. The van der Waals surface area contributed by atoms with E-state index in [2.05, 4.69) is 35.0 Å². The van der Waals surface area contributed by atoms with Gasteiger partial charge in [0.1, 0.15) is 0 Å². The van der Waals surface area contributed by atoms with Gasteiger partial charge < -0.3 is 9.42 Å². The predicted molar refractivity (Wildman–Crippen MR) is 80.5 cm³/mol. The predicted octanol–water partition coefficient (Wildman–Crippen LogP) is 2.69. The van der Waals surface area contributed by atoms with E-state index in [9.17, 15) is 0 Å². The largest absolute Gasteiger partial charge is 0.334 e. The zero-order chi connectivity index (χ0) is 15.1. The molecule has 0 amide bonds. The van der Waals surface area contributed by atoms with Gasteiger partial charge in [-0.15, -0.1) is 0 Å². The minimum atomic E-state index is 0.341. The first kappa shape index (κ1) is 15.2. The average Bonchev–Trinajstić information content (AvgIpc) is 2.98. The zero-order valence-electron chi connectivity index (χ0n) is 12.5. The fourth-order valence-corrected chi connectivity index (χ4v) is 2.23. The summed E-state index contributed by atoms with van der Waals surface area (Å²) < 4.78 is 5.35. The average molecular weight is 284 g/mol. The van der Waals surface area contributed by atoms with E-state index < -0.39 is 0 Å². The molecule has 1 aromatic carbocycles. The molecule has 0 atom stereocenters. The van der Waals surface area contributed by atoms with Crippen LogP contribution in [0.4, 0.5) is 0 Å². The van der Waals surface area contributed by atoms with Gasteiger partial charge in [-0.3, -0.25) is 0 Å². The maximum atomic E-state index is 8.87. The molecule has 0 saturated heterocycles. The van der Waals surface area contributed by atoms with Crippen molar-refractivity contribution in [1.82, 2.24) is 15.0 Å². The van der Waals surface area contributed by atoms with Crippen molar-refractivity contribution in [3.63, 3.8) is 0 Å². The summed E-state index contributed by atoms with van der Waals surface area (Å²) in [7, 11) is 0. The first-order chi connectivity index (χ1) is 10.3. The lowest BCUT2D eigenvalue weighted by atomic mass is 10.1. The molecule has 5 heteroatoms. The van der Waals surface area contributed by atoms with Gasteiger partial charge in [0, 0.05) is 18.5 Å². The Bertz CT molecular complexity index is 611. The van der Waals surface area contributed by atoms with Gasteiger partial charge in [-0.25, -0.2) is 0 Å². The highest BCUT2D eigenvalue weighted by atomic mass is 16.5. The third-order valence-corrected chi connectivity index (χ3v) is 3.53. The van der Waals surface area contributed by atoms with Gasteiger partial charge in [0.05, 0.1) is 12.5 Å². The van der Waals surface area contributed by atoms with Gasteiger partial charge in [-0.2, -0.15) is 10.2 Å². The highest BCUT2D eigenvalue weighted by Gasteiger charge is 2.13. The lowest BCUT2D eigenvalue weighted by Crippen LogP contribution is -2.25. The van der Waals surface area contributed by atoms with E-state index in [0.717, 1.165) is 37.2 Å². The van der Waals surface area contributed by atoms with Gasteiger partial charge in [0.25, 0.3) is 5.89 Å². The number of nitriles is 1. The van der Waals surface area contributed by atoms with Crippen LogP contribution < -0.4 is 0 Å². The van der Waals surface area contributed by atoms with Crippen molar-refractivity contribution in [3.8, 4) is 17.5 Å². The van der Waals surface area contributed by atoms with Gasteiger partial charge in [0.15, 0.2) is 5.82 Å². The smallest absolute Gasteiger partial charge is 0.258 e. The molecule has 5 nitrogen and oxygen atoms in total. The van der Waals surface area contributed by atoms with Gasteiger partial charge in [0.2, 0.25) is 0 Å². The summed E-state index contributed by atoms with van der Waals surface area (Å²) in [6, 6.07) is 9.81. The normalized spacial score (nSPS) is 10.8. The number of likely N-dealkylation sites (N-methyl/N-ethyl adjacent to an activating group) is 1. The van der Waals surface area contributed by atoms with E-state index in [0.29, 0.717) is 18.1 Å². The van der Waals surface area contributed by atoms with Crippen molar-refractivity contribution < 1.29 is 4.52 Å². The Morgan fingerprint density at radius 3 is 2.71 bits per heavy atom. The Morgan fingerprint density at radius 1 is 1.24 bits per heavy atom. The summed E-state index contributed by atoms with van der Waals surface area (Å²) in [5.41, 5.74) is 1.76. The second-order valence-electron chi connectivity index (χ2n) is 4.78. The summed E-state index contributed by atoms with van der Waals surface area (Å²) in [6.07, 6.45) is 1.11. The highest BCUT2D eigenvalue weighted by Crippen LogP contribution is 2.22. The molecule has 0 aliphatic rings. The quantitative estimate of drug-likeness (QED) is 0.782. The molecule has 0 radical (unpaired) electrons. The van der Waals surface area contributed by atoms with Crippen LogP contribution in [0.2, 0.25) is 0 Å². The van der Waals surface area contributed by atoms with Crippen LogP contribution in [0.15, 0.2) is 28.8 Å². The summed E-state index contributed by atoms with van der Waals surface area (Å²) in [4.78, 5) is 6.77. The third-order valence-electron chi connectivity index (χ3n) is 3.53. The van der Waals surface area contributed by atoms with Crippen LogP contribution >= 0.6 is 0 Å². The van der Waals surface area contributed by atoms with Crippen molar-refractivity contribution in [2.75, 3.05) is 19.6 Å². The summed E-state index contributed by atoms with van der Waals surface area (Å²) in [6.45, 7) is 7.25. The molecule has 1 aromatic heterocycles. The first-order valence-electron chi connectivity index (χ1n) is 7.28. The molecule has 0 aliphatic heterocycles. The molecule has 0 saturated carbocycles. The molecule has 2 rings (SSSR count). The number of hydrogen-bond donors (Lipinski definition) is 0. The van der Waals surface area contributed by atoms with Crippen LogP contribution in [0.1, 0.15) is 25.2 Å². The first-order valence-corrected chi connectivity index (χ1v) is 7.28. The Morgan fingerprint density at radius 2 is 2.00 bits per heavy atom. The van der Waals surface area contributed by atoms with Crippen LogP contribution in [0.5, 0.6) is 0 Å². The molecule has 21 heavy (non-hydrogen) atoms. The molecule has 110 valence electrons. The third kappa shape index (κ3) is 3.89. The number of hydrogen-bond acceptors (Lipinski definition) is 5. The number of rotatable bonds is 7. The van der Waals surface area contributed by atoms with E-state index in [1.165, 1.54) is 0 Å². The Kier molecular flexibility index (Phi) is 5.47. The summed E-state index contributed by atoms with van der Waals surface area (Å²) in [5, 5.41) is 12.9. The molecule has 0 bridgehead atoms. The Balaban J connectivity index is 2.11. The second kappa shape index (κ2) is 7.55. The lowest BCUT2D eigenvalue weighted by molar-refractivity contribution is 0.303. The fraction of sp³-hybridized carbons (Fsp3) is 0.438. The van der Waals surface area contributed by atoms with E-state index in [1.54, 1.807) is 0 Å². The molecule has 2 aromatic rings. The van der Waals surface area contributed by atoms with Crippen molar-refractivity contribution in [2.45, 2.75) is 26.7 Å². The molecule has 0 unspecified atom stereocenters. The second-order valence-corrected chi connectivity index (χ2v) is 4.78. The number of aromatic nitrogens is 2.